The van der Waals surface area contributed by atoms with E-state index < -0.39 is 0 Å². The molecule has 94 valence electrons. The first kappa shape index (κ1) is 12.7. The molecule has 0 aliphatic carbocycles. The fourth-order valence-electron chi connectivity index (χ4n) is 2.37. The van der Waals surface area contributed by atoms with Crippen LogP contribution in [0.5, 0.6) is 5.75 Å². The van der Waals surface area contributed by atoms with Crippen molar-refractivity contribution in [2.75, 3.05) is 13.1 Å². The third-order valence-corrected chi connectivity index (χ3v) is 3.62. The molecule has 1 fully saturated rings. The lowest BCUT2D eigenvalue weighted by Crippen LogP contribution is -2.28. The first-order valence-electron chi connectivity index (χ1n) is 6.43. The van der Waals surface area contributed by atoms with Gasteiger partial charge in [-0.25, -0.2) is 0 Å². The molecule has 17 heavy (non-hydrogen) atoms. The van der Waals surface area contributed by atoms with Crippen LogP contribution < -0.4 is 10.1 Å². The smallest absolute Gasteiger partial charge is 0.138 e. The van der Waals surface area contributed by atoms with E-state index in [0.717, 1.165) is 31.7 Å². The van der Waals surface area contributed by atoms with Crippen LogP contribution in [0.1, 0.15) is 26.2 Å². The summed E-state index contributed by atoms with van der Waals surface area (Å²) < 4.78 is 6.10. The highest BCUT2D eigenvalue weighted by Crippen LogP contribution is 2.28. The Hall–Kier alpha value is -0.730. The van der Waals surface area contributed by atoms with Crippen molar-refractivity contribution in [1.29, 1.82) is 0 Å². The quantitative estimate of drug-likeness (QED) is 0.867. The molecule has 0 aromatic heterocycles. The molecule has 1 saturated heterocycles. The molecule has 1 aromatic carbocycles. The Bertz CT molecular complexity index is 350. The molecule has 1 N–H and O–H groups in total. The third kappa shape index (κ3) is 3.36. The molecule has 0 amide bonds. The Kier molecular flexibility index (Phi) is 4.69. The summed E-state index contributed by atoms with van der Waals surface area (Å²) in [6, 6.07) is 7.73. The molecule has 1 aliphatic heterocycles. The lowest BCUT2D eigenvalue weighted by molar-refractivity contribution is 0.132. The normalized spacial score (nSPS) is 21.4. The van der Waals surface area contributed by atoms with Crippen LogP contribution in [0, 0.1) is 5.92 Å². The first-order chi connectivity index (χ1) is 8.31. The third-order valence-electron chi connectivity index (χ3n) is 3.31. The van der Waals surface area contributed by atoms with Crippen molar-refractivity contribution in [2.24, 2.45) is 5.92 Å². The molecule has 1 heterocycles. The van der Waals surface area contributed by atoms with Crippen molar-refractivity contribution in [3.8, 4) is 5.75 Å². The summed E-state index contributed by atoms with van der Waals surface area (Å²) in [6.45, 7) is 4.37. The number of benzene rings is 1. The van der Waals surface area contributed by atoms with Gasteiger partial charge in [0.15, 0.2) is 0 Å². The topological polar surface area (TPSA) is 21.3 Å². The fourth-order valence-corrected chi connectivity index (χ4v) is 2.55. The van der Waals surface area contributed by atoms with E-state index in [1.54, 1.807) is 0 Å². The molecule has 2 rings (SSSR count). The van der Waals surface area contributed by atoms with Crippen molar-refractivity contribution >= 4 is 11.6 Å². The van der Waals surface area contributed by atoms with Gasteiger partial charge in [0.25, 0.3) is 0 Å². The van der Waals surface area contributed by atoms with Crippen molar-refractivity contribution in [3.05, 3.63) is 29.3 Å². The molecular formula is C14H20ClNO. The summed E-state index contributed by atoms with van der Waals surface area (Å²) in [6.07, 6.45) is 3.73. The average Bonchev–Trinajstić information content (AvgIpc) is 2.85. The highest BCUT2D eigenvalue weighted by molar-refractivity contribution is 6.32. The maximum absolute atomic E-state index is 6.13. The van der Waals surface area contributed by atoms with E-state index in [1.165, 1.54) is 6.42 Å². The van der Waals surface area contributed by atoms with Gasteiger partial charge in [0.05, 0.1) is 5.02 Å². The van der Waals surface area contributed by atoms with E-state index in [0.29, 0.717) is 10.9 Å². The lowest BCUT2D eigenvalue weighted by Gasteiger charge is -2.24. The largest absolute Gasteiger partial charge is 0.489 e. The molecule has 0 spiro atoms. The van der Waals surface area contributed by atoms with Gasteiger partial charge >= 0.3 is 0 Å². The van der Waals surface area contributed by atoms with E-state index >= 15 is 0 Å². The number of ether oxygens (including phenoxy) is 1. The van der Waals surface area contributed by atoms with Gasteiger partial charge in [-0.1, -0.05) is 37.1 Å². The number of halogens is 1. The van der Waals surface area contributed by atoms with Gasteiger partial charge in [-0.15, -0.1) is 0 Å². The molecule has 1 unspecified atom stereocenters. The highest BCUT2D eigenvalue weighted by atomic mass is 35.5. The van der Waals surface area contributed by atoms with Gasteiger partial charge in [0.1, 0.15) is 11.9 Å². The summed E-state index contributed by atoms with van der Waals surface area (Å²) in [7, 11) is 0. The van der Waals surface area contributed by atoms with E-state index in [9.17, 15) is 0 Å². The van der Waals surface area contributed by atoms with E-state index in [-0.39, 0.29) is 6.10 Å². The van der Waals surface area contributed by atoms with Crippen LogP contribution in [-0.2, 0) is 0 Å². The Balaban J connectivity index is 2.04. The average molecular weight is 254 g/mol. The standard InChI is InChI=1S/C14H20ClNO/c1-2-5-13(11-8-9-16-10-11)17-14-7-4-3-6-12(14)15/h3-4,6-7,11,13,16H,2,5,8-10H2,1H3/t11?,13-/m1/s1. The van der Waals surface area contributed by atoms with Crippen LogP contribution in [0.4, 0.5) is 0 Å². The monoisotopic (exact) mass is 253 g/mol. The molecule has 0 radical (unpaired) electrons. The Morgan fingerprint density at radius 2 is 2.29 bits per heavy atom. The number of rotatable bonds is 5. The summed E-state index contributed by atoms with van der Waals surface area (Å²) >= 11 is 6.13. The maximum Gasteiger partial charge on any atom is 0.138 e. The number of nitrogens with one attached hydrogen (secondary N) is 1. The van der Waals surface area contributed by atoms with Crippen LogP contribution in [0.25, 0.3) is 0 Å². The minimum atomic E-state index is 0.287. The van der Waals surface area contributed by atoms with Gasteiger partial charge < -0.3 is 10.1 Å². The SMILES string of the molecule is CCC[C@@H](Oc1ccccc1Cl)C1CCNC1. The molecular weight excluding hydrogens is 234 g/mol. The summed E-state index contributed by atoms with van der Waals surface area (Å²) in [5.74, 6) is 1.44. The zero-order valence-electron chi connectivity index (χ0n) is 10.3. The van der Waals surface area contributed by atoms with Crippen LogP contribution in [0.2, 0.25) is 5.02 Å². The molecule has 1 aromatic rings. The minimum Gasteiger partial charge on any atom is -0.489 e. The molecule has 0 saturated carbocycles. The second-order valence-corrected chi connectivity index (χ2v) is 5.04. The van der Waals surface area contributed by atoms with E-state index in [2.05, 4.69) is 12.2 Å². The van der Waals surface area contributed by atoms with E-state index in [4.69, 9.17) is 16.3 Å². The molecule has 2 atom stereocenters. The molecule has 3 heteroatoms. The highest BCUT2D eigenvalue weighted by Gasteiger charge is 2.26. The number of para-hydroxylation sites is 1. The van der Waals surface area contributed by atoms with Gasteiger partial charge in [0, 0.05) is 12.5 Å². The van der Waals surface area contributed by atoms with Crippen molar-refractivity contribution in [1.82, 2.24) is 5.32 Å². The molecule has 2 nitrogen and oxygen atoms in total. The Morgan fingerprint density at radius 1 is 1.47 bits per heavy atom. The maximum atomic E-state index is 6.13. The van der Waals surface area contributed by atoms with E-state index in [1.807, 2.05) is 24.3 Å². The zero-order chi connectivity index (χ0) is 12.1. The first-order valence-corrected chi connectivity index (χ1v) is 6.81. The van der Waals surface area contributed by atoms with Crippen molar-refractivity contribution in [3.63, 3.8) is 0 Å². The Labute approximate surface area is 108 Å². The summed E-state index contributed by atoms with van der Waals surface area (Å²) in [5.41, 5.74) is 0. The predicted molar refractivity (Wildman–Crippen MR) is 71.8 cm³/mol. The van der Waals surface area contributed by atoms with Crippen LogP contribution in [0.15, 0.2) is 24.3 Å². The number of hydrogen-bond donors (Lipinski definition) is 1. The second kappa shape index (κ2) is 6.27. The lowest BCUT2D eigenvalue weighted by atomic mass is 9.97. The van der Waals surface area contributed by atoms with Gasteiger partial charge in [-0.05, 0) is 31.5 Å². The van der Waals surface area contributed by atoms with Crippen LogP contribution in [0.3, 0.4) is 0 Å². The summed E-state index contributed by atoms with van der Waals surface area (Å²) in [4.78, 5) is 0. The predicted octanol–water partition coefficient (Wildman–Crippen LogP) is 3.50. The fraction of sp³-hybridized carbons (Fsp3) is 0.571. The van der Waals surface area contributed by atoms with Crippen LogP contribution in [-0.4, -0.2) is 19.2 Å². The molecule has 1 aliphatic rings. The summed E-state index contributed by atoms with van der Waals surface area (Å²) in [5, 5.41) is 4.11. The minimum absolute atomic E-state index is 0.287. The Morgan fingerprint density at radius 3 is 2.94 bits per heavy atom. The zero-order valence-corrected chi connectivity index (χ0v) is 11.0. The van der Waals surface area contributed by atoms with Crippen LogP contribution >= 0.6 is 11.6 Å². The van der Waals surface area contributed by atoms with Crippen molar-refractivity contribution < 1.29 is 4.74 Å². The second-order valence-electron chi connectivity index (χ2n) is 4.63. The van der Waals surface area contributed by atoms with Gasteiger partial charge in [-0.3, -0.25) is 0 Å². The number of hydrogen-bond acceptors (Lipinski definition) is 2. The molecule has 0 bridgehead atoms. The van der Waals surface area contributed by atoms with Crippen molar-refractivity contribution in [2.45, 2.75) is 32.3 Å². The van der Waals surface area contributed by atoms with Gasteiger partial charge in [0.2, 0.25) is 0 Å². The van der Waals surface area contributed by atoms with Gasteiger partial charge in [-0.2, -0.15) is 0 Å².